The van der Waals surface area contributed by atoms with Gasteiger partial charge in [-0.05, 0) is 35.2 Å². The zero-order valence-corrected chi connectivity index (χ0v) is 16.1. The molecule has 0 spiro atoms. The third-order valence-electron chi connectivity index (χ3n) is 4.85. The maximum atomic E-state index is 5.21. The highest BCUT2D eigenvalue weighted by Gasteiger charge is 2.13. The van der Waals surface area contributed by atoms with Crippen LogP contribution in [0.4, 0.5) is 0 Å². The Morgan fingerprint density at radius 1 is 0.731 bits per heavy atom. The summed E-state index contributed by atoms with van der Waals surface area (Å²) in [6.45, 7) is 0.774. The standard InChI is InChI=1S/C23H18OS2/c1-24-12-11-15-7-9-18-20(13-15)25-23-19-10-8-17(14-21(19)26-22(18)23)16-5-3-2-4-6-16/h2-10,13-14H,11-12H2,1H3. The van der Waals surface area contributed by atoms with Crippen LogP contribution in [0.1, 0.15) is 5.56 Å². The van der Waals surface area contributed by atoms with E-state index in [0.717, 1.165) is 13.0 Å². The molecule has 2 heterocycles. The van der Waals surface area contributed by atoms with E-state index in [1.165, 1.54) is 46.3 Å². The molecule has 0 N–H and O–H groups in total. The minimum Gasteiger partial charge on any atom is -0.384 e. The van der Waals surface area contributed by atoms with Gasteiger partial charge in [0.1, 0.15) is 0 Å². The molecule has 0 aliphatic heterocycles. The van der Waals surface area contributed by atoms with Crippen molar-refractivity contribution in [3.8, 4) is 11.1 Å². The van der Waals surface area contributed by atoms with Crippen molar-refractivity contribution in [1.29, 1.82) is 0 Å². The molecule has 0 saturated carbocycles. The van der Waals surface area contributed by atoms with Gasteiger partial charge in [-0.1, -0.05) is 54.6 Å². The summed E-state index contributed by atoms with van der Waals surface area (Å²) in [5, 5.41) is 2.76. The van der Waals surface area contributed by atoms with E-state index in [1.807, 2.05) is 22.7 Å². The number of ether oxygens (including phenoxy) is 1. The number of methoxy groups -OCH3 is 1. The summed E-state index contributed by atoms with van der Waals surface area (Å²) in [7, 11) is 1.76. The van der Waals surface area contributed by atoms with Crippen LogP contribution in [0, 0.1) is 0 Å². The van der Waals surface area contributed by atoms with Crippen molar-refractivity contribution in [2.24, 2.45) is 0 Å². The van der Waals surface area contributed by atoms with Gasteiger partial charge in [-0.2, -0.15) is 0 Å². The Kier molecular flexibility index (Phi) is 4.01. The molecule has 5 rings (SSSR count). The lowest BCUT2D eigenvalue weighted by Gasteiger charge is -2.01. The van der Waals surface area contributed by atoms with E-state index in [1.54, 1.807) is 7.11 Å². The van der Waals surface area contributed by atoms with E-state index >= 15 is 0 Å². The number of benzene rings is 3. The molecule has 0 unspecified atom stereocenters. The largest absolute Gasteiger partial charge is 0.384 e. The van der Waals surface area contributed by atoms with Gasteiger partial charge in [0.05, 0.1) is 16.0 Å². The Labute approximate surface area is 160 Å². The van der Waals surface area contributed by atoms with Crippen LogP contribution in [0.2, 0.25) is 0 Å². The smallest absolute Gasteiger partial charge is 0.0542 e. The first-order valence-corrected chi connectivity index (χ1v) is 10.4. The van der Waals surface area contributed by atoms with Crippen LogP contribution in [-0.2, 0) is 11.2 Å². The number of thiophene rings is 2. The van der Waals surface area contributed by atoms with Crippen molar-refractivity contribution in [2.75, 3.05) is 13.7 Å². The summed E-state index contributed by atoms with van der Waals surface area (Å²) in [5.74, 6) is 0. The van der Waals surface area contributed by atoms with Gasteiger partial charge < -0.3 is 4.74 Å². The lowest BCUT2D eigenvalue weighted by molar-refractivity contribution is 0.202. The first kappa shape index (κ1) is 16.0. The molecule has 3 heteroatoms. The summed E-state index contributed by atoms with van der Waals surface area (Å²) < 4.78 is 10.8. The first-order chi connectivity index (χ1) is 12.8. The van der Waals surface area contributed by atoms with Crippen LogP contribution in [0.3, 0.4) is 0 Å². The molecule has 0 bridgehead atoms. The van der Waals surface area contributed by atoms with Crippen molar-refractivity contribution in [2.45, 2.75) is 6.42 Å². The van der Waals surface area contributed by atoms with Crippen molar-refractivity contribution in [3.63, 3.8) is 0 Å². The fraction of sp³-hybridized carbons (Fsp3) is 0.130. The molecule has 0 atom stereocenters. The van der Waals surface area contributed by atoms with E-state index in [0.29, 0.717) is 0 Å². The number of hydrogen-bond acceptors (Lipinski definition) is 3. The van der Waals surface area contributed by atoms with Crippen LogP contribution >= 0.6 is 22.7 Å². The second-order valence-electron chi connectivity index (χ2n) is 6.51. The molecule has 0 amide bonds. The van der Waals surface area contributed by atoms with Gasteiger partial charge in [0, 0.05) is 27.3 Å². The van der Waals surface area contributed by atoms with Gasteiger partial charge in [-0.3, -0.25) is 0 Å². The van der Waals surface area contributed by atoms with E-state index in [4.69, 9.17) is 4.74 Å². The van der Waals surface area contributed by atoms with Gasteiger partial charge in [-0.25, -0.2) is 0 Å². The third-order valence-corrected chi connectivity index (χ3v) is 7.35. The van der Waals surface area contributed by atoms with Gasteiger partial charge >= 0.3 is 0 Å². The topological polar surface area (TPSA) is 9.23 Å². The monoisotopic (exact) mass is 374 g/mol. The van der Waals surface area contributed by atoms with Crippen LogP contribution in [0.25, 0.3) is 40.7 Å². The molecule has 0 aliphatic carbocycles. The maximum Gasteiger partial charge on any atom is 0.0542 e. The molecular formula is C23H18OS2. The highest BCUT2D eigenvalue weighted by Crippen LogP contribution is 2.45. The van der Waals surface area contributed by atoms with Crippen LogP contribution in [0.5, 0.6) is 0 Å². The lowest BCUT2D eigenvalue weighted by Crippen LogP contribution is -1.93. The fourth-order valence-electron chi connectivity index (χ4n) is 3.49. The number of rotatable bonds is 4. The zero-order chi connectivity index (χ0) is 17.5. The molecule has 128 valence electrons. The second kappa shape index (κ2) is 6.51. The van der Waals surface area contributed by atoms with Crippen LogP contribution in [0.15, 0.2) is 66.7 Å². The SMILES string of the molecule is COCCc1ccc2c(c1)sc1c3ccc(-c4ccccc4)cc3sc21. The van der Waals surface area contributed by atoms with E-state index < -0.39 is 0 Å². The third kappa shape index (κ3) is 2.64. The normalized spacial score (nSPS) is 11.7. The Balaban J connectivity index is 1.65. The molecule has 1 nitrogen and oxygen atoms in total. The van der Waals surface area contributed by atoms with Crippen LogP contribution in [-0.4, -0.2) is 13.7 Å². The summed E-state index contributed by atoms with van der Waals surface area (Å²) in [6, 6.07) is 24.3. The van der Waals surface area contributed by atoms with Crippen LogP contribution < -0.4 is 0 Å². The first-order valence-electron chi connectivity index (χ1n) is 8.75. The molecule has 2 aromatic heterocycles. The Morgan fingerprint density at radius 2 is 1.42 bits per heavy atom. The van der Waals surface area contributed by atoms with Gasteiger partial charge in [0.15, 0.2) is 0 Å². The molecule has 0 radical (unpaired) electrons. The Morgan fingerprint density at radius 3 is 2.15 bits per heavy atom. The van der Waals surface area contributed by atoms with Crippen molar-refractivity contribution >= 4 is 52.2 Å². The highest BCUT2D eigenvalue weighted by atomic mass is 32.1. The minimum atomic E-state index is 0.774. The molecule has 3 aromatic carbocycles. The van der Waals surface area contributed by atoms with Gasteiger partial charge in [0.2, 0.25) is 0 Å². The average molecular weight is 375 g/mol. The molecule has 0 aliphatic rings. The van der Waals surface area contributed by atoms with Gasteiger partial charge in [-0.15, -0.1) is 22.7 Å². The van der Waals surface area contributed by atoms with E-state index in [2.05, 4.69) is 66.7 Å². The summed E-state index contributed by atoms with van der Waals surface area (Å²) in [4.78, 5) is 0. The minimum absolute atomic E-state index is 0.774. The highest BCUT2D eigenvalue weighted by molar-refractivity contribution is 7.36. The summed E-state index contributed by atoms with van der Waals surface area (Å²) >= 11 is 3.83. The predicted octanol–water partition coefficient (Wildman–Crippen LogP) is 7.13. The zero-order valence-electron chi connectivity index (χ0n) is 14.5. The quantitative estimate of drug-likeness (QED) is 0.325. The van der Waals surface area contributed by atoms with E-state index in [9.17, 15) is 0 Å². The van der Waals surface area contributed by atoms with Crippen molar-refractivity contribution in [3.05, 3.63) is 72.3 Å². The summed E-state index contributed by atoms with van der Waals surface area (Å²) in [6.07, 6.45) is 0.971. The fourth-order valence-corrected chi connectivity index (χ4v) is 6.24. The predicted molar refractivity (Wildman–Crippen MR) is 116 cm³/mol. The van der Waals surface area contributed by atoms with Gasteiger partial charge in [0.25, 0.3) is 0 Å². The Bertz CT molecular complexity index is 1210. The summed E-state index contributed by atoms with van der Waals surface area (Å²) in [5.41, 5.74) is 3.92. The number of fused-ring (bicyclic) bond motifs is 5. The molecular weight excluding hydrogens is 356 g/mol. The maximum absolute atomic E-state index is 5.21. The molecule has 0 fully saturated rings. The van der Waals surface area contributed by atoms with Crippen molar-refractivity contribution in [1.82, 2.24) is 0 Å². The van der Waals surface area contributed by atoms with Crippen molar-refractivity contribution < 1.29 is 4.74 Å². The second-order valence-corrected chi connectivity index (χ2v) is 8.62. The molecule has 26 heavy (non-hydrogen) atoms. The number of hydrogen-bond donors (Lipinski definition) is 0. The molecule has 0 saturated heterocycles. The molecule has 5 aromatic rings. The lowest BCUT2D eigenvalue weighted by atomic mass is 10.0. The average Bonchev–Trinajstić information content (AvgIpc) is 3.22. The van der Waals surface area contributed by atoms with E-state index in [-0.39, 0.29) is 0 Å². The Hall–Kier alpha value is -2.20.